The number of amides is 1. The number of nitrogens with zero attached hydrogens (tertiary/aromatic N) is 2. The van der Waals surface area contributed by atoms with Crippen LogP contribution in [-0.2, 0) is 21.4 Å². The lowest BCUT2D eigenvalue weighted by atomic mass is 9.96. The first kappa shape index (κ1) is 17.0. The van der Waals surface area contributed by atoms with Crippen LogP contribution >= 0.6 is 0 Å². The van der Waals surface area contributed by atoms with E-state index in [4.69, 9.17) is 0 Å². The van der Waals surface area contributed by atoms with E-state index < -0.39 is 10.0 Å². The molecule has 2 aromatic rings. The predicted octanol–water partition coefficient (Wildman–Crippen LogP) is 1.80. The topological polar surface area (TPSA) is 73.5 Å². The minimum absolute atomic E-state index is 0.0911. The molecule has 1 saturated heterocycles. The summed E-state index contributed by atoms with van der Waals surface area (Å²) in [6.07, 6.45) is 4.34. The number of carbonyl (C=O) groups excluding carboxylic acids is 1. The third kappa shape index (κ3) is 3.47. The van der Waals surface area contributed by atoms with Crippen LogP contribution in [0.25, 0.3) is 10.9 Å². The van der Waals surface area contributed by atoms with Crippen molar-refractivity contribution in [1.82, 2.24) is 14.2 Å². The van der Waals surface area contributed by atoms with Crippen LogP contribution in [0.3, 0.4) is 0 Å². The molecule has 1 aliphatic rings. The fourth-order valence-electron chi connectivity index (χ4n) is 3.34. The number of benzene rings is 1. The molecule has 0 bridgehead atoms. The van der Waals surface area contributed by atoms with Gasteiger partial charge in [0.1, 0.15) is 0 Å². The molecule has 0 atom stereocenters. The number of fused-ring (bicyclic) bond motifs is 1. The van der Waals surface area contributed by atoms with E-state index in [9.17, 15) is 13.2 Å². The number of H-pyrrole nitrogens is 1. The van der Waals surface area contributed by atoms with Gasteiger partial charge in [0.15, 0.2) is 0 Å². The van der Waals surface area contributed by atoms with Gasteiger partial charge in [0.05, 0.1) is 6.26 Å². The summed E-state index contributed by atoms with van der Waals surface area (Å²) in [6.45, 7) is 1.40. The van der Waals surface area contributed by atoms with Gasteiger partial charge in [0, 0.05) is 49.7 Å². The number of hydrogen-bond acceptors (Lipinski definition) is 3. The molecule has 0 aliphatic carbocycles. The number of rotatable bonds is 4. The van der Waals surface area contributed by atoms with Crippen LogP contribution in [-0.4, -0.2) is 54.9 Å². The molecule has 130 valence electrons. The highest BCUT2D eigenvalue weighted by molar-refractivity contribution is 7.88. The number of para-hydroxylation sites is 1. The van der Waals surface area contributed by atoms with E-state index in [2.05, 4.69) is 4.98 Å². The smallest absolute Gasteiger partial charge is 0.225 e. The summed E-state index contributed by atoms with van der Waals surface area (Å²) >= 11 is 0. The van der Waals surface area contributed by atoms with Crippen molar-refractivity contribution in [3.63, 3.8) is 0 Å². The van der Waals surface area contributed by atoms with E-state index in [-0.39, 0.29) is 11.8 Å². The molecule has 2 heterocycles. The molecule has 0 saturated carbocycles. The van der Waals surface area contributed by atoms with Crippen molar-refractivity contribution in [3.8, 4) is 0 Å². The third-order valence-electron chi connectivity index (χ3n) is 4.73. The lowest BCUT2D eigenvalue weighted by Gasteiger charge is -2.31. The Bertz CT molecular complexity index is 836. The molecule has 0 spiro atoms. The molecule has 0 radical (unpaired) electrons. The molecule has 1 aliphatic heterocycles. The predicted molar refractivity (Wildman–Crippen MR) is 93.9 cm³/mol. The average molecular weight is 349 g/mol. The molecule has 1 aromatic carbocycles. The molecule has 1 fully saturated rings. The van der Waals surface area contributed by atoms with Crippen LogP contribution in [0.1, 0.15) is 18.4 Å². The molecular formula is C17H23N3O3S. The minimum atomic E-state index is -3.16. The number of aromatic amines is 1. The molecule has 1 aromatic heterocycles. The quantitative estimate of drug-likeness (QED) is 0.915. The van der Waals surface area contributed by atoms with Crippen molar-refractivity contribution < 1.29 is 13.2 Å². The standard InChI is InChI=1S/C17H23N3O3S/c1-19(12-14-11-18-16-6-4-3-5-15(14)16)17(21)13-7-9-20(10-8-13)24(2,22)23/h3-6,11,13,18H,7-10,12H2,1-2H3. The van der Waals surface area contributed by atoms with E-state index in [1.165, 1.54) is 10.6 Å². The van der Waals surface area contributed by atoms with Gasteiger partial charge in [-0.15, -0.1) is 0 Å². The summed E-state index contributed by atoms with van der Waals surface area (Å²) in [5.41, 5.74) is 2.16. The Morgan fingerprint density at radius 1 is 1.29 bits per heavy atom. The molecule has 24 heavy (non-hydrogen) atoms. The molecule has 3 rings (SSSR count). The number of piperidine rings is 1. The zero-order valence-electron chi connectivity index (χ0n) is 14.0. The lowest BCUT2D eigenvalue weighted by molar-refractivity contribution is -0.135. The van der Waals surface area contributed by atoms with Crippen LogP contribution in [0.4, 0.5) is 0 Å². The maximum Gasteiger partial charge on any atom is 0.225 e. The Kier molecular flexibility index (Phi) is 4.64. The number of carbonyl (C=O) groups is 1. The van der Waals surface area contributed by atoms with Gasteiger partial charge in [-0.25, -0.2) is 12.7 Å². The zero-order valence-corrected chi connectivity index (χ0v) is 14.8. The zero-order chi connectivity index (χ0) is 17.3. The van der Waals surface area contributed by atoms with Crippen LogP contribution in [0.2, 0.25) is 0 Å². The van der Waals surface area contributed by atoms with Crippen molar-refractivity contribution in [1.29, 1.82) is 0 Å². The van der Waals surface area contributed by atoms with Gasteiger partial charge < -0.3 is 9.88 Å². The molecule has 1 amide bonds. The average Bonchev–Trinajstić information content (AvgIpc) is 2.96. The Hall–Kier alpha value is -1.86. The summed E-state index contributed by atoms with van der Waals surface area (Å²) < 4.78 is 24.6. The number of aromatic nitrogens is 1. The number of sulfonamides is 1. The van der Waals surface area contributed by atoms with Gasteiger partial charge >= 0.3 is 0 Å². The second-order valence-electron chi connectivity index (χ2n) is 6.49. The lowest BCUT2D eigenvalue weighted by Crippen LogP contribution is -2.42. The van der Waals surface area contributed by atoms with Crippen LogP contribution in [0.15, 0.2) is 30.5 Å². The summed E-state index contributed by atoms with van der Waals surface area (Å²) in [5, 5.41) is 1.13. The Labute approximate surface area is 142 Å². The van der Waals surface area contributed by atoms with Gasteiger partial charge in [-0.2, -0.15) is 0 Å². The first-order valence-electron chi connectivity index (χ1n) is 8.11. The highest BCUT2D eigenvalue weighted by Crippen LogP contribution is 2.23. The first-order valence-corrected chi connectivity index (χ1v) is 9.96. The molecular weight excluding hydrogens is 326 g/mol. The van der Waals surface area contributed by atoms with Gasteiger partial charge in [0.2, 0.25) is 15.9 Å². The summed E-state index contributed by atoms with van der Waals surface area (Å²) in [5.74, 6) is -0.00774. The Morgan fingerprint density at radius 3 is 2.62 bits per heavy atom. The number of nitrogens with one attached hydrogen (secondary N) is 1. The first-order chi connectivity index (χ1) is 11.4. The van der Waals surface area contributed by atoms with E-state index >= 15 is 0 Å². The van der Waals surface area contributed by atoms with E-state index in [1.807, 2.05) is 37.5 Å². The van der Waals surface area contributed by atoms with Crippen molar-refractivity contribution in [2.45, 2.75) is 19.4 Å². The van der Waals surface area contributed by atoms with Gasteiger partial charge in [-0.3, -0.25) is 4.79 Å². The van der Waals surface area contributed by atoms with E-state index in [0.29, 0.717) is 32.5 Å². The van der Waals surface area contributed by atoms with Crippen molar-refractivity contribution in [2.24, 2.45) is 5.92 Å². The third-order valence-corrected chi connectivity index (χ3v) is 6.03. The van der Waals surface area contributed by atoms with Crippen LogP contribution in [0, 0.1) is 5.92 Å². The fourth-order valence-corrected chi connectivity index (χ4v) is 4.22. The highest BCUT2D eigenvalue weighted by Gasteiger charge is 2.30. The van der Waals surface area contributed by atoms with Crippen LogP contribution in [0.5, 0.6) is 0 Å². The Morgan fingerprint density at radius 2 is 1.96 bits per heavy atom. The summed E-state index contributed by atoms with van der Waals surface area (Å²) in [7, 11) is -1.34. The van der Waals surface area contributed by atoms with Crippen LogP contribution < -0.4 is 0 Å². The van der Waals surface area contributed by atoms with Gasteiger partial charge in [-0.1, -0.05) is 18.2 Å². The monoisotopic (exact) mass is 349 g/mol. The Balaban J connectivity index is 1.63. The molecule has 0 unspecified atom stereocenters. The SMILES string of the molecule is CN(Cc1c[nH]c2ccccc12)C(=O)C1CCN(S(C)(=O)=O)CC1. The van der Waals surface area contributed by atoms with E-state index in [0.717, 1.165) is 16.5 Å². The molecule has 7 heteroatoms. The maximum absolute atomic E-state index is 12.7. The largest absolute Gasteiger partial charge is 0.361 e. The van der Waals surface area contributed by atoms with Crippen molar-refractivity contribution >= 4 is 26.8 Å². The van der Waals surface area contributed by atoms with Gasteiger partial charge in [0.25, 0.3) is 0 Å². The second kappa shape index (κ2) is 6.57. The second-order valence-corrected chi connectivity index (χ2v) is 8.47. The fraction of sp³-hybridized carbons (Fsp3) is 0.471. The summed E-state index contributed by atoms with van der Waals surface area (Å²) in [4.78, 5) is 17.6. The van der Waals surface area contributed by atoms with Crippen molar-refractivity contribution in [3.05, 3.63) is 36.0 Å². The molecule has 6 nitrogen and oxygen atoms in total. The van der Waals surface area contributed by atoms with E-state index in [1.54, 1.807) is 4.90 Å². The summed E-state index contributed by atoms with van der Waals surface area (Å²) in [6, 6.07) is 8.03. The normalized spacial score (nSPS) is 17.2. The molecule has 1 N–H and O–H groups in total. The van der Waals surface area contributed by atoms with Gasteiger partial charge in [-0.05, 0) is 24.5 Å². The van der Waals surface area contributed by atoms with Crippen molar-refractivity contribution in [2.75, 3.05) is 26.4 Å². The minimum Gasteiger partial charge on any atom is -0.361 e. The highest BCUT2D eigenvalue weighted by atomic mass is 32.2. The number of hydrogen-bond donors (Lipinski definition) is 1. The maximum atomic E-state index is 12.7.